The lowest BCUT2D eigenvalue weighted by Crippen LogP contribution is -2.14. The molecule has 0 atom stereocenters. The second kappa shape index (κ2) is 7.08. The highest BCUT2D eigenvalue weighted by molar-refractivity contribution is 7.90. The lowest BCUT2D eigenvalue weighted by molar-refractivity contribution is 0.602. The van der Waals surface area contributed by atoms with Gasteiger partial charge in [0.2, 0.25) is 0 Å². The number of hydrogen-bond acceptors (Lipinski definition) is 4. The summed E-state index contributed by atoms with van der Waals surface area (Å²) in [6.07, 6.45) is 2.78. The normalized spacial score (nSPS) is 11.9. The summed E-state index contributed by atoms with van der Waals surface area (Å²) < 4.78 is 25.1. The molecule has 5 aromatic rings. The minimum atomic E-state index is -3.33. The van der Waals surface area contributed by atoms with Gasteiger partial charge in [-0.1, -0.05) is 29.8 Å². The van der Waals surface area contributed by atoms with E-state index in [-0.39, 0.29) is 10.6 Å². The molecule has 0 aliphatic heterocycles. The van der Waals surface area contributed by atoms with Crippen LogP contribution in [0.5, 0.6) is 0 Å². The molecule has 2 aromatic heterocycles. The van der Waals surface area contributed by atoms with Gasteiger partial charge in [-0.2, -0.15) is 0 Å². The standard InChI is InChI=1S/C23H16ClN3O3S/c1-31(29,30)18-9-7-17(8-10-18)27-22-19-12-15(14-2-5-16(24)6-3-14)4-11-20(19)25-13-21(22)26-23(27)28/h2-13H,1H3,(H,26,28). The molecule has 154 valence electrons. The molecule has 0 saturated heterocycles. The number of H-pyrrole nitrogens is 1. The molecule has 0 radical (unpaired) electrons. The van der Waals surface area contributed by atoms with Crippen LogP contribution < -0.4 is 5.69 Å². The average Bonchev–Trinajstić information content (AvgIpc) is 3.09. The highest BCUT2D eigenvalue weighted by Gasteiger charge is 2.15. The number of sulfone groups is 1. The van der Waals surface area contributed by atoms with E-state index in [1.807, 2.05) is 42.5 Å². The Morgan fingerprint density at radius 1 is 0.935 bits per heavy atom. The topological polar surface area (TPSA) is 84.8 Å². The van der Waals surface area contributed by atoms with Crippen LogP contribution in [0.4, 0.5) is 0 Å². The van der Waals surface area contributed by atoms with Gasteiger partial charge in [0.05, 0.1) is 33.3 Å². The molecular weight excluding hydrogens is 434 g/mol. The molecule has 0 spiro atoms. The summed E-state index contributed by atoms with van der Waals surface area (Å²) in [6, 6.07) is 19.6. The molecule has 8 heteroatoms. The zero-order valence-electron chi connectivity index (χ0n) is 16.3. The van der Waals surface area contributed by atoms with Gasteiger partial charge in [-0.25, -0.2) is 13.2 Å². The lowest BCUT2D eigenvalue weighted by Gasteiger charge is -2.09. The van der Waals surface area contributed by atoms with Gasteiger partial charge in [0.15, 0.2) is 9.84 Å². The molecule has 0 fully saturated rings. The maximum atomic E-state index is 12.8. The maximum absolute atomic E-state index is 12.8. The van der Waals surface area contributed by atoms with E-state index in [0.717, 1.165) is 28.3 Å². The number of pyridine rings is 1. The van der Waals surface area contributed by atoms with Crippen molar-refractivity contribution in [3.8, 4) is 16.8 Å². The fraction of sp³-hybridized carbons (Fsp3) is 0.0435. The predicted octanol–water partition coefficient (Wildman–Crippen LogP) is 4.59. The number of rotatable bonds is 3. The van der Waals surface area contributed by atoms with Crippen LogP contribution in [0.3, 0.4) is 0 Å². The van der Waals surface area contributed by atoms with Gasteiger partial charge in [0, 0.05) is 16.7 Å². The van der Waals surface area contributed by atoms with Gasteiger partial charge in [-0.05, 0) is 59.7 Å². The number of nitrogens with one attached hydrogen (secondary N) is 1. The van der Waals surface area contributed by atoms with E-state index in [2.05, 4.69) is 9.97 Å². The molecule has 0 saturated carbocycles. The number of halogens is 1. The molecule has 3 aromatic carbocycles. The Balaban J connectivity index is 1.77. The predicted molar refractivity (Wildman–Crippen MR) is 123 cm³/mol. The third-order valence-corrected chi connectivity index (χ3v) is 6.59. The maximum Gasteiger partial charge on any atom is 0.331 e. The molecule has 6 nitrogen and oxygen atoms in total. The van der Waals surface area contributed by atoms with Crippen LogP contribution in [0.25, 0.3) is 38.8 Å². The third kappa shape index (κ3) is 3.41. The summed E-state index contributed by atoms with van der Waals surface area (Å²) in [5.74, 6) is 0. The van der Waals surface area contributed by atoms with Crippen molar-refractivity contribution in [3.63, 3.8) is 0 Å². The van der Waals surface area contributed by atoms with E-state index in [1.54, 1.807) is 18.3 Å². The van der Waals surface area contributed by atoms with Gasteiger partial charge in [0.25, 0.3) is 0 Å². The molecule has 0 unspecified atom stereocenters. The molecule has 31 heavy (non-hydrogen) atoms. The van der Waals surface area contributed by atoms with Gasteiger partial charge in [-0.15, -0.1) is 0 Å². The van der Waals surface area contributed by atoms with E-state index in [4.69, 9.17) is 11.6 Å². The van der Waals surface area contributed by atoms with Crippen LogP contribution in [0.2, 0.25) is 5.02 Å². The zero-order chi connectivity index (χ0) is 21.8. The van der Waals surface area contributed by atoms with Crippen LogP contribution in [-0.4, -0.2) is 29.2 Å². The molecular formula is C23H16ClN3O3S. The van der Waals surface area contributed by atoms with E-state index in [1.165, 1.54) is 16.7 Å². The summed E-state index contributed by atoms with van der Waals surface area (Å²) in [6.45, 7) is 0. The van der Waals surface area contributed by atoms with Crippen LogP contribution in [0.1, 0.15) is 0 Å². The molecule has 2 heterocycles. The molecule has 1 N–H and O–H groups in total. The van der Waals surface area contributed by atoms with Crippen molar-refractivity contribution < 1.29 is 8.42 Å². The Bertz CT molecular complexity index is 1620. The minimum Gasteiger partial charge on any atom is -0.304 e. The quantitative estimate of drug-likeness (QED) is 0.436. The lowest BCUT2D eigenvalue weighted by atomic mass is 10.0. The highest BCUT2D eigenvalue weighted by atomic mass is 35.5. The van der Waals surface area contributed by atoms with E-state index in [0.29, 0.717) is 21.7 Å². The van der Waals surface area contributed by atoms with Crippen molar-refractivity contribution in [3.05, 3.63) is 88.4 Å². The fourth-order valence-corrected chi connectivity index (χ4v) is 4.45. The summed E-state index contributed by atoms with van der Waals surface area (Å²) in [4.78, 5) is 20.3. The van der Waals surface area contributed by atoms with Gasteiger partial charge >= 0.3 is 5.69 Å². The van der Waals surface area contributed by atoms with Gasteiger partial charge in [0.1, 0.15) is 0 Å². The summed E-state index contributed by atoms with van der Waals surface area (Å²) in [5, 5.41) is 1.46. The van der Waals surface area contributed by atoms with E-state index in [9.17, 15) is 13.2 Å². The number of fused-ring (bicyclic) bond motifs is 3. The third-order valence-electron chi connectivity index (χ3n) is 5.21. The first-order chi connectivity index (χ1) is 14.8. The van der Waals surface area contributed by atoms with Crippen molar-refractivity contribution in [2.24, 2.45) is 0 Å². The first kappa shape index (κ1) is 19.5. The van der Waals surface area contributed by atoms with Crippen LogP contribution in [0, 0.1) is 0 Å². The Labute approximate surface area is 182 Å². The zero-order valence-corrected chi connectivity index (χ0v) is 17.9. The van der Waals surface area contributed by atoms with E-state index >= 15 is 0 Å². The summed E-state index contributed by atoms with van der Waals surface area (Å²) in [7, 11) is -3.33. The smallest absolute Gasteiger partial charge is 0.304 e. The Hall–Kier alpha value is -3.42. The Morgan fingerprint density at radius 3 is 2.29 bits per heavy atom. The van der Waals surface area contributed by atoms with Crippen molar-refractivity contribution in [2.75, 3.05) is 6.26 Å². The summed E-state index contributed by atoms with van der Waals surface area (Å²) >= 11 is 6.01. The first-order valence-corrected chi connectivity index (χ1v) is 11.7. The first-order valence-electron chi connectivity index (χ1n) is 9.41. The van der Waals surface area contributed by atoms with Crippen LogP contribution >= 0.6 is 11.6 Å². The number of benzene rings is 3. The van der Waals surface area contributed by atoms with Crippen molar-refractivity contribution in [1.29, 1.82) is 0 Å². The van der Waals surface area contributed by atoms with Gasteiger partial charge in [-0.3, -0.25) is 9.55 Å². The number of aromatic nitrogens is 3. The van der Waals surface area contributed by atoms with Crippen molar-refractivity contribution in [1.82, 2.24) is 14.5 Å². The highest BCUT2D eigenvalue weighted by Crippen LogP contribution is 2.29. The van der Waals surface area contributed by atoms with Crippen molar-refractivity contribution >= 4 is 43.4 Å². The number of aromatic amines is 1. The number of hydrogen-bond donors (Lipinski definition) is 1. The van der Waals surface area contributed by atoms with Crippen LogP contribution in [0.15, 0.2) is 82.6 Å². The molecule has 0 aliphatic rings. The molecule has 5 rings (SSSR count). The largest absolute Gasteiger partial charge is 0.331 e. The monoisotopic (exact) mass is 449 g/mol. The second-order valence-electron chi connectivity index (χ2n) is 7.29. The second-order valence-corrected chi connectivity index (χ2v) is 9.74. The van der Waals surface area contributed by atoms with Gasteiger partial charge < -0.3 is 4.98 Å². The molecule has 0 amide bonds. The Kier molecular flexibility index (Phi) is 4.46. The molecule has 0 aliphatic carbocycles. The molecule has 0 bridgehead atoms. The Morgan fingerprint density at radius 2 is 1.61 bits per heavy atom. The minimum absolute atomic E-state index is 0.195. The fourth-order valence-electron chi connectivity index (χ4n) is 3.69. The number of imidazole rings is 1. The van der Waals surface area contributed by atoms with Crippen LogP contribution in [-0.2, 0) is 9.84 Å². The number of nitrogens with zero attached hydrogens (tertiary/aromatic N) is 2. The summed E-state index contributed by atoms with van der Waals surface area (Å²) in [5.41, 5.74) is 4.21. The van der Waals surface area contributed by atoms with E-state index < -0.39 is 9.84 Å². The van der Waals surface area contributed by atoms with Crippen molar-refractivity contribution in [2.45, 2.75) is 4.90 Å². The average molecular weight is 450 g/mol. The SMILES string of the molecule is CS(=O)(=O)c1ccc(-n2c(=O)[nH]c3cnc4ccc(-c5ccc(Cl)cc5)cc4c32)cc1.